The molecule has 0 aromatic heterocycles. The average Bonchev–Trinajstić information content (AvgIpc) is 2.44. The molecule has 0 spiro atoms. The maximum Gasteiger partial charge on any atom is 0.104 e. The molecule has 0 fully saturated rings. The Morgan fingerprint density at radius 1 is 1.33 bits per heavy atom. The first-order valence-corrected chi connectivity index (χ1v) is 7.91. The minimum absolute atomic E-state index is 0.327. The molecule has 1 N–H and O–H groups in total. The van der Waals surface area contributed by atoms with Gasteiger partial charge < -0.3 is 4.90 Å². The molecule has 0 saturated heterocycles. The Labute approximate surface area is 130 Å². The van der Waals surface area contributed by atoms with E-state index in [0.717, 1.165) is 25.9 Å². The van der Waals surface area contributed by atoms with Gasteiger partial charge in [-0.1, -0.05) is 18.2 Å². The molecule has 1 aromatic rings. The summed E-state index contributed by atoms with van der Waals surface area (Å²) >= 11 is 0. The van der Waals surface area contributed by atoms with E-state index in [0.29, 0.717) is 6.04 Å². The van der Waals surface area contributed by atoms with Crippen molar-refractivity contribution in [2.45, 2.75) is 59.0 Å². The summed E-state index contributed by atoms with van der Waals surface area (Å²) in [5, 5.41) is 12.8. The van der Waals surface area contributed by atoms with Crippen LogP contribution < -0.4 is 10.2 Å². The molecule has 1 aromatic carbocycles. The average molecular weight is 287 g/mol. The zero-order chi connectivity index (χ0) is 15.9. The predicted octanol–water partition coefficient (Wildman–Crippen LogP) is 3.88. The Hall–Kier alpha value is -1.53. The van der Waals surface area contributed by atoms with Crippen LogP contribution >= 0.6 is 0 Å². The summed E-state index contributed by atoms with van der Waals surface area (Å²) in [7, 11) is 0. The summed E-state index contributed by atoms with van der Waals surface area (Å²) in [5.74, 6) is 0. The molecule has 0 aliphatic rings. The van der Waals surface area contributed by atoms with Crippen molar-refractivity contribution in [2.75, 3.05) is 18.0 Å². The first-order chi connectivity index (χ1) is 9.91. The van der Waals surface area contributed by atoms with Gasteiger partial charge in [0.05, 0.1) is 6.07 Å². The summed E-state index contributed by atoms with van der Waals surface area (Å²) in [6.07, 6.45) is 1.87. The molecule has 0 aliphatic heterocycles. The number of hydrogen-bond acceptors (Lipinski definition) is 3. The molecule has 1 atom stereocenters. The van der Waals surface area contributed by atoms with E-state index in [9.17, 15) is 5.26 Å². The van der Waals surface area contributed by atoms with Crippen LogP contribution in [0.2, 0.25) is 0 Å². The highest BCUT2D eigenvalue weighted by molar-refractivity contribution is 5.52. The van der Waals surface area contributed by atoms with Gasteiger partial charge in [-0.2, -0.15) is 5.26 Å². The van der Waals surface area contributed by atoms with Crippen molar-refractivity contribution in [3.63, 3.8) is 0 Å². The topological polar surface area (TPSA) is 39.1 Å². The summed E-state index contributed by atoms with van der Waals surface area (Å²) in [6, 6.07) is 11.2. The van der Waals surface area contributed by atoms with Crippen LogP contribution in [0.1, 0.15) is 46.1 Å². The van der Waals surface area contributed by atoms with Crippen LogP contribution in [0.3, 0.4) is 0 Å². The van der Waals surface area contributed by atoms with Crippen LogP contribution in [0, 0.1) is 18.3 Å². The van der Waals surface area contributed by atoms with Crippen LogP contribution in [-0.4, -0.2) is 24.7 Å². The number of para-hydroxylation sites is 1. The van der Waals surface area contributed by atoms with Gasteiger partial charge in [-0.25, -0.2) is 0 Å². The van der Waals surface area contributed by atoms with Crippen molar-refractivity contribution < 1.29 is 0 Å². The molecule has 3 nitrogen and oxygen atoms in total. The van der Waals surface area contributed by atoms with Gasteiger partial charge in [0.25, 0.3) is 0 Å². The second-order valence-electron chi connectivity index (χ2n) is 6.21. The Balaban J connectivity index is 2.61. The summed E-state index contributed by atoms with van der Waals surface area (Å²) < 4.78 is 0. The second-order valence-corrected chi connectivity index (χ2v) is 6.21. The minimum Gasteiger partial charge on any atom is -0.372 e. The number of nitriles is 1. The number of anilines is 1. The fourth-order valence-electron chi connectivity index (χ4n) is 2.79. The summed E-state index contributed by atoms with van der Waals surface area (Å²) in [4.78, 5) is 2.39. The molecule has 1 unspecified atom stereocenters. The zero-order valence-corrected chi connectivity index (χ0v) is 14.1. The number of hydrogen-bond donors (Lipinski definition) is 1. The maximum atomic E-state index is 9.39. The van der Waals surface area contributed by atoms with Crippen LogP contribution in [0.25, 0.3) is 0 Å². The number of aryl methyl sites for hydroxylation is 1. The van der Waals surface area contributed by atoms with E-state index in [1.807, 2.05) is 6.92 Å². The van der Waals surface area contributed by atoms with Gasteiger partial charge in [0.1, 0.15) is 5.54 Å². The Morgan fingerprint density at radius 2 is 2.00 bits per heavy atom. The highest BCUT2D eigenvalue weighted by atomic mass is 15.1. The molecule has 0 aliphatic carbocycles. The van der Waals surface area contributed by atoms with E-state index in [4.69, 9.17) is 0 Å². The van der Waals surface area contributed by atoms with E-state index >= 15 is 0 Å². The molecule has 0 radical (unpaired) electrons. The van der Waals surface area contributed by atoms with Crippen LogP contribution in [-0.2, 0) is 0 Å². The molecule has 1 rings (SSSR count). The van der Waals surface area contributed by atoms with Gasteiger partial charge in [0.2, 0.25) is 0 Å². The molecule has 21 heavy (non-hydrogen) atoms. The van der Waals surface area contributed by atoms with Gasteiger partial charge in [0, 0.05) is 24.8 Å². The first-order valence-electron chi connectivity index (χ1n) is 7.91. The summed E-state index contributed by atoms with van der Waals surface area (Å²) in [6.45, 7) is 12.5. The molecular weight excluding hydrogens is 258 g/mol. The fraction of sp³-hybridized carbons (Fsp3) is 0.611. The molecule has 0 amide bonds. The Kier molecular flexibility index (Phi) is 6.71. The largest absolute Gasteiger partial charge is 0.372 e. The lowest BCUT2D eigenvalue weighted by Gasteiger charge is -2.29. The number of rotatable bonds is 8. The first kappa shape index (κ1) is 17.5. The highest BCUT2D eigenvalue weighted by Gasteiger charge is 2.24. The molecule has 116 valence electrons. The van der Waals surface area contributed by atoms with E-state index in [1.54, 1.807) is 0 Å². The van der Waals surface area contributed by atoms with Crippen molar-refractivity contribution in [1.29, 1.82) is 5.26 Å². The fourth-order valence-corrected chi connectivity index (χ4v) is 2.79. The Morgan fingerprint density at radius 3 is 2.52 bits per heavy atom. The second kappa shape index (κ2) is 8.05. The van der Waals surface area contributed by atoms with Crippen molar-refractivity contribution in [2.24, 2.45) is 0 Å². The number of nitrogens with one attached hydrogen (secondary N) is 1. The zero-order valence-electron chi connectivity index (χ0n) is 14.1. The SMILES string of the molecule is CCN(CCCC(C)(C#N)NC(C)C)c1ccccc1C. The van der Waals surface area contributed by atoms with E-state index in [2.05, 4.69) is 68.2 Å². The van der Waals surface area contributed by atoms with Crippen molar-refractivity contribution in [3.8, 4) is 6.07 Å². The molecule has 0 heterocycles. The lowest BCUT2D eigenvalue weighted by Crippen LogP contribution is -2.45. The van der Waals surface area contributed by atoms with Gasteiger partial charge in [-0.3, -0.25) is 5.32 Å². The number of benzene rings is 1. The van der Waals surface area contributed by atoms with Gasteiger partial charge in [-0.05, 0) is 59.1 Å². The third-order valence-corrected chi connectivity index (χ3v) is 3.80. The quantitative estimate of drug-likeness (QED) is 0.788. The van der Waals surface area contributed by atoms with Crippen LogP contribution in [0.4, 0.5) is 5.69 Å². The Bertz CT molecular complexity index is 476. The lowest BCUT2D eigenvalue weighted by atomic mass is 9.96. The highest BCUT2D eigenvalue weighted by Crippen LogP contribution is 2.21. The van der Waals surface area contributed by atoms with E-state index in [-0.39, 0.29) is 0 Å². The maximum absolute atomic E-state index is 9.39. The molecule has 0 saturated carbocycles. The smallest absolute Gasteiger partial charge is 0.104 e. The molecular formula is C18H29N3. The summed E-state index contributed by atoms with van der Waals surface area (Å²) in [5.41, 5.74) is 2.18. The van der Waals surface area contributed by atoms with E-state index in [1.165, 1.54) is 11.3 Å². The van der Waals surface area contributed by atoms with E-state index < -0.39 is 5.54 Å². The third-order valence-electron chi connectivity index (χ3n) is 3.80. The lowest BCUT2D eigenvalue weighted by molar-refractivity contribution is 0.374. The van der Waals surface area contributed by atoms with Crippen LogP contribution in [0.5, 0.6) is 0 Å². The van der Waals surface area contributed by atoms with Crippen LogP contribution in [0.15, 0.2) is 24.3 Å². The normalized spacial score (nSPS) is 13.8. The van der Waals surface area contributed by atoms with Gasteiger partial charge in [0.15, 0.2) is 0 Å². The van der Waals surface area contributed by atoms with Crippen molar-refractivity contribution in [1.82, 2.24) is 5.32 Å². The standard InChI is InChI=1S/C18H29N3/c1-6-21(17-11-8-7-10-16(17)4)13-9-12-18(5,14-19)20-15(2)3/h7-8,10-11,15,20H,6,9,12-13H2,1-5H3. The molecule has 3 heteroatoms. The minimum atomic E-state index is -0.431. The van der Waals surface area contributed by atoms with Gasteiger partial charge in [-0.15, -0.1) is 0 Å². The van der Waals surface area contributed by atoms with Crippen molar-refractivity contribution in [3.05, 3.63) is 29.8 Å². The third kappa shape index (κ3) is 5.40. The molecule has 0 bridgehead atoms. The predicted molar refractivity (Wildman–Crippen MR) is 90.6 cm³/mol. The van der Waals surface area contributed by atoms with Crippen molar-refractivity contribution >= 4 is 5.69 Å². The monoisotopic (exact) mass is 287 g/mol. The van der Waals surface area contributed by atoms with Gasteiger partial charge >= 0.3 is 0 Å². The number of nitrogens with zero attached hydrogens (tertiary/aromatic N) is 2.